The highest BCUT2D eigenvalue weighted by molar-refractivity contribution is 5.91. The molecule has 0 aliphatic heterocycles. The molecule has 0 spiro atoms. The number of hydrazine groups is 1. The number of hydrogen-bond donors (Lipinski definition) is 3. The van der Waals surface area contributed by atoms with Crippen molar-refractivity contribution in [2.24, 2.45) is 11.6 Å². The third kappa shape index (κ3) is 4.94. The largest absolute Gasteiger partial charge is 0.494 e. The zero-order valence-corrected chi connectivity index (χ0v) is 16.5. The summed E-state index contributed by atoms with van der Waals surface area (Å²) in [4.78, 5) is 22.8. The molecular weight excluding hydrogens is 368 g/mol. The summed E-state index contributed by atoms with van der Waals surface area (Å²) in [5.41, 5.74) is 11.7. The Balaban J connectivity index is 1.90. The van der Waals surface area contributed by atoms with Crippen molar-refractivity contribution in [1.29, 1.82) is 0 Å². The van der Waals surface area contributed by atoms with Gasteiger partial charge in [0.2, 0.25) is 11.8 Å². The molecule has 2 aromatic carbocycles. The number of carbonyl (C=O) groups is 2. The summed E-state index contributed by atoms with van der Waals surface area (Å²) >= 11 is 0. The number of carbonyl (C=O) groups excluding carboxylic acids is 2. The second kappa shape index (κ2) is 9.25. The van der Waals surface area contributed by atoms with E-state index in [1.165, 1.54) is 0 Å². The van der Waals surface area contributed by atoms with Crippen LogP contribution in [0.15, 0.2) is 48.5 Å². The molecule has 2 amide bonds. The van der Waals surface area contributed by atoms with Crippen LogP contribution >= 0.6 is 0 Å². The van der Waals surface area contributed by atoms with E-state index in [2.05, 4.69) is 22.1 Å². The summed E-state index contributed by atoms with van der Waals surface area (Å²) in [5, 5.41) is 0.993. The van der Waals surface area contributed by atoms with Crippen molar-refractivity contribution in [3.63, 3.8) is 0 Å². The summed E-state index contributed by atoms with van der Waals surface area (Å²) in [6.45, 7) is 3.10. The lowest BCUT2D eigenvalue weighted by Crippen LogP contribution is -2.29. The topological polar surface area (TPSA) is 112 Å². The standard InChI is InChI=1S/C22H26N4O3/c1-15-19(13-21(23)27)18-10-9-17(29-11-5-8-22(28)25-24)12-20(18)26(15)14-16-6-3-2-4-7-16/h2-4,6-7,9-10,12H,5,8,11,13-14,24H2,1H3,(H2,23,27)(H,25,28). The number of benzene rings is 2. The van der Waals surface area contributed by atoms with E-state index in [-0.39, 0.29) is 18.2 Å². The van der Waals surface area contributed by atoms with Crippen molar-refractivity contribution < 1.29 is 14.3 Å². The molecular formula is C22H26N4O3. The molecule has 0 saturated carbocycles. The van der Waals surface area contributed by atoms with Gasteiger partial charge in [0.05, 0.1) is 18.5 Å². The summed E-state index contributed by atoms with van der Waals surface area (Å²) in [6.07, 6.45) is 1.07. The Morgan fingerprint density at radius 3 is 2.59 bits per heavy atom. The molecule has 1 heterocycles. The molecule has 0 fully saturated rings. The van der Waals surface area contributed by atoms with E-state index in [4.69, 9.17) is 16.3 Å². The van der Waals surface area contributed by atoms with Crippen molar-refractivity contribution in [3.05, 3.63) is 65.4 Å². The maximum absolute atomic E-state index is 11.6. The molecule has 5 N–H and O–H groups in total. The van der Waals surface area contributed by atoms with Gasteiger partial charge in [0.1, 0.15) is 5.75 Å². The van der Waals surface area contributed by atoms with Gasteiger partial charge in [0, 0.05) is 30.1 Å². The zero-order valence-electron chi connectivity index (χ0n) is 16.5. The first-order valence-corrected chi connectivity index (χ1v) is 9.55. The monoisotopic (exact) mass is 394 g/mol. The van der Waals surface area contributed by atoms with Crippen LogP contribution in [-0.2, 0) is 22.6 Å². The number of nitrogens with one attached hydrogen (secondary N) is 1. The first-order valence-electron chi connectivity index (χ1n) is 9.55. The van der Waals surface area contributed by atoms with Gasteiger partial charge in [0.25, 0.3) is 0 Å². The van der Waals surface area contributed by atoms with Crippen LogP contribution in [0.2, 0.25) is 0 Å². The van der Waals surface area contributed by atoms with Crippen molar-refractivity contribution in [1.82, 2.24) is 9.99 Å². The normalized spacial score (nSPS) is 10.8. The molecule has 0 atom stereocenters. The molecule has 3 aromatic rings. The fraction of sp³-hybridized carbons (Fsp3) is 0.273. The highest BCUT2D eigenvalue weighted by Crippen LogP contribution is 2.30. The first-order chi connectivity index (χ1) is 14.0. The van der Waals surface area contributed by atoms with Crippen LogP contribution in [-0.4, -0.2) is 23.0 Å². The van der Waals surface area contributed by atoms with Crippen molar-refractivity contribution in [2.45, 2.75) is 32.7 Å². The number of rotatable bonds is 9. The zero-order chi connectivity index (χ0) is 20.8. The molecule has 7 heteroatoms. The number of ether oxygens (including phenoxy) is 1. The van der Waals surface area contributed by atoms with Gasteiger partial charge in [-0.2, -0.15) is 0 Å². The van der Waals surface area contributed by atoms with Crippen LogP contribution < -0.4 is 21.7 Å². The molecule has 0 saturated heterocycles. The Bertz CT molecular complexity index is 1010. The minimum Gasteiger partial charge on any atom is -0.494 e. The van der Waals surface area contributed by atoms with Gasteiger partial charge >= 0.3 is 0 Å². The second-order valence-electron chi connectivity index (χ2n) is 6.98. The molecule has 0 aliphatic rings. The molecule has 3 rings (SSSR count). The predicted molar refractivity (Wildman–Crippen MR) is 112 cm³/mol. The lowest BCUT2D eigenvalue weighted by molar-refractivity contribution is -0.121. The number of hydrogen-bond acceptors (Lipinski definition) is 4. The number of nitrogens with zero attached hydrogens (tertiary/aromatic N) is 1. The molecule has 0 bridgehead atoms. The second-order valence-corrected chi connectivity index (χ2v) is 6.98. The SMILES string of the molecule is Cc1c(CC(N)=O)c2ccc(OCCCC(=O)NN)cc2n1Cc1ccccc1. The maximum atomic E-state index is 11.6. The fourth-order valence-electron chi connectivity index (χ4n) is 3.48. The van der Waals surface area contributed by atoms with Crippen molar-refractivity contribution in [3.8, 4) is 5.75 Å². The third-order valence-electron chi connectivity index (χ3n) is 4.94. The molecule has 0 unspecified atom stereocenters. The maximum Gasteiger partial charge on any atom is 0.234 e. The van der Waals surface area contributed by atoms with Gasteiger partial charge in [0.15, 0.2) is 0 Å². The quantitative estimate of drug-likeness (QED) is 0.223. The number of fused-ring (bicyclic) bond motifs is 1. The summed E-state index contributed by atoms with van der Waals surface area (Å²) in [7, 11) is 0. The van der Waals surface area contributed by atoms with Gasteiger partial charge in [-0.05, 0) is 36.6 Å². The smallest absolute Gasteiger partial charge is 0.234 e. The molecule has 152 valence electrons. The van der Waals surface area contributed by atoms with Crippen LogP contribution in [0, 0.1) is 6.92 Å². The Hall–Kier alpha value is -3.32. The van der Waals surface area contributed by atoms with Gasteiger partial charge in [-0.15, -0.1) is 0 Å². The van der Waals surface area contributed by atoms with Gasteiger partial charge in [-0.25, -0.2) is 5.84 Å². The average molecular weight is 394 g/mol. The van der Waals surface area contributed by atoms with Crippen molar-refractivity contribution >= 4 is 22.7 Å². The predicted octanol–water partition coefficient (Wildman–Crippen LogP) is 2.17. The highest BCUT2D eigenvalue weighted by atomic mass is 16.5. The van der Waals surface area contributed by atoms with E-state index in [0.717, 1.165) is 27.7 Å². The fourth-order valence-corrected chi connectivity index (χ4v) is 3.48. The van der Waals surface area contributed by atoms with E-state index >= 15 is 0 Å². The van der Waals surface area contributed by atoms with Gasteiger partial charge < -0.3 is 15.0 Å². The highest BCUT2D eigenvalue weighted by Gasteiger charge is 2.17. The molecule has 0 aliphatic carbocycles. The van der Waals surface area contributed by atoms with Crippen LogP contribution in [0.1, 0.15) is 29.7 Å². The van der Waals surface area contributed by atoms with E-state index < -0.39 is 0 Å². The van der Waals surface area contributed by atoms with Crippen LogP contribution in [0.4, 0.5) is 0 Å². The summed E-state index contributed by atoms with van der Waals surface area (Å²) in [5.74, 6) is 5.22. The average Bonchev–Trinajstić information content (AvgIpc) is 2.96. The van der Waals surface area contributed by atoms with Gasteiger partial charge in [-0.3, -0.25) is 15.0 Å². The molecule has 1 aromatic heterocycles. The molecule has 29 heavy (non-hydrogen) atoms. The Kier molecular flexibility index (Phi) is 6.51. The Labute approximate surface area is 169 Å². The number of amides is 2. The minimum atomic E-state index is -0.356. The lowest BCUT2D eigenvalue weighted by Gasteiger charge is -2.10. The van der Waals surface area contributed by atoms with E-state index in [1.807, 2.05) is 43.3 Å². The Morgan fingerprint density at radius 2 is 1.90 bits per heavy atom. The van der Waals surface area contributed by atoms with Crippen LogP contribution in [0.3, 0.4) is 0 Å². The number of primary amides is 1. The van der Waals surface area contributed by atoms with Crippen molar-refractivity contribution in [2.75, 3.05) is 6.61 Å². The van der Waals surface area contributed by atoms with E-state index in [1.54, 1.807) is 0 Å². The van der Waals surface area contributed by atoms with E-state index in [0.29, 0.717) is 31.7 Å². The van der Waals surface area contributed by atoms with E-state index in [9.17, 15) is 9.59 Å². The number of aromatic nitrogens is 1. The summed E-state index contributed by atoms with van der Waals surface area (Å²) in [6, 6.07) is 16.0. The van der Waals surface area contributed by atoms with Gasteiger partial charge in [-0.1, -0.05) is 30.3 Å². The minimum absolute atomic E-state index is 0.193. The first kappa shape index (κ1) is 20.4. The van der Waals surface area contributed by atoms with Crippen LogP contribution in [0.25, 0.3) is 10.9 Å². The lowest BCUT2D eigenvalue weighted by atomic mass is 10.1. The molecule has 7 nitrogen and oxygen atoms in total. The molecule has 0 radical (unpaired) electrons. The number of nitrogens with two attached hydrogens (primary N) is 2. The van der Waals surface area contributed by atoms with Crippen LogP contribution in [0.5, 0.6) is 5.75 Å². The summed E-state index contributed by atoms with van der Waals surface area (Å²) < 4.78 is 8.00. The Morgan fingerprint density at radius 1 is 1.14 bits per heavy atom. The third-order valence-corrected chi connectivity index (χ3v) is 4.94.